The summed E-state index contributed by atoms with van der Waals surface area (Å²) < 4.78 is 160. The third-order valence-corrected chi connectivity index (χ3v) is 37.8. The van der Waals surface area contributed by atoms with Gasteiger partial charge in [-0.05, 0) is 97.0 Å². The fraction of sp³-hybridized carbons (Fsp3) is 0.326. The molecule has 0 unspecified atom stereocenters. The SMILES string of the molecule is CCc1sc(-c2sc(-c3sc(-c4cc(-c5cc(-c6sc(-c7sc(-c8sc(C)c9c8OCCO9)c8c7OCCO8)c7c6OCCO7)cc(-c6sc(-c7sc(-c8sc(C)c9c8OCCO9)c8c7OCCO8)c7c6OCCO7)c5)cc(-c5sc(-c6sc(-c7sc(C)c8c7OCCO8)c7c6OCCO7)c6c5OCCO6)c4)c4c3OCCO4)c3c2OCCO3)c2c1OCCO2. The van der Waals surface area contributed by atoms with Crippen LogP contribution in [0, 0.1) is 20.8 Å². The van der Waals surface area contributed by atoms with Crippen molar-refractivity contribution in [3.63, 3.8) is 0 Å². The molecule has 26 rings (SSSR count). The number of aryl methyl sites for hydroxylation is 4. The number of thiophene rings is 12. The molecule has 640 valence electrons. The van der Waals surface area contributed by atoms with Crippen molar-refractivity contribution in [2.45, 2.75) is 34.1 Å². The molecule has 24 nitrogen and oxygen atoms in total. The van der Waals surface area contributed by atoms with Crippen molar-refractivity contribution < 1.29 is 114 Å². The van der Waals surface area contributed by atoms with Crippen LogP contribution < -0.4 is 114 Å². The molecule has 14 aromatic rings. The lowest BCUT2D eigenvalue weighted by Gasteiger charge is -2.20. The van der Waals surface area contributed by atoms with Gasteiger partial charge in [-0.3, -0.25) is 0 Å². The maximum Gasteiger partial charge on any atom is 0.181 e. The average Bonchev–Trinajstić information content (AvgIpc) is 1.58. The Morgan fingerprint density at radius 3 is 0.472 bits per heavy atom. The van der Waals surface area contributed by atoms with Crippen LogP contribution in [-0.2, 0) is 6.42 Å². The van der Waals surface area contributed by atoms with E-state index >= 15 is 0 Å². The Labute approximate surface area is 760 Å². The molecule has 0 aliphatic carbocycles. The zero-order valence-electron chi connectivity index (χ0n) is 66.8. The van der Waals surface area contributed by atoms with Gasteiger partial charge in [-0.1, -0.05) is 6.92 Å². The smallest absolute Gasteiger partial charge is 0.181 e. The molecule has 0 atom stereocenters. The zero-order valence-corrected chi connectivity index (χ0v) is 76.6. The lowest BCUT2D eigenvalue weighted by molar-refractivity contribution is 0.171. The Morgan fingerprint density at radius 2 is 0.280 bits per heavy atom. The molecule has 0 N–H and O–H groups in total. The second-order valence-corrected chi connectivity index (χ2v) is 43.1. The molecular formula is C89H68O24S12. The molecule has 12 aliphatic rings. The molecule has 0 bridgehead atoms. The molecule has 0 fully saturated rings. The minimum absolute atomic E-state index is 0.303. The van der Waals surface area contributed by atoms with Crippen LogP contribution in [0.5, 0.6) is 138 Å². The highest BCUT2D eigenvalue weighted by Crippen LogP contribution is 2.71. The van der Waals surface area contributed by atoms with Crippen LogP contribution in [0.15, 0.2) is 36.4 Å². The van der Waals surface area contributed by atoms with Crippen molar-refractivity contribution in [2.24, 2.45) is 0 Å². The van der Waals surface area contributed by atoms with E-state index in [1.165, 1.54) is 0 Å². The van der Waals surface area contributed by atoms with E-state index in [0.29, 0.717) is 268 Å². The maximum atomic E-state index is 7.02. The summed E-state index contributed by atoms with van der Waals surface area (Å²) in [5.41, 5.74) is 5.03. The van der Waals surface area contributed by atoms with Gasteiger partial charge in [0.2, 0.25) is 0 Å². The van der Waals surface area contributed by atoms with Gasteiger partial charge < -0.3 is 114 Å². The van der Waals surface area contributed by atoms with Gasteiger partial charge in [0.1, 0.15) is 159 Å². The van der Waals surface area contributed by atoms with Crippen LogP contribution in [0.3, 0.4) is 0 Å². The second-order valence-electron chi connectivity index (χ2n) is 30.1. The molecule has 0 saturated carbocycles. The van der Waals surface area contributed by atoms with E-state index < -0.39 is 0 Å². The normalized spacial score (nSPS) is 16.8. The van der Waals surface area contributed by atoms with E-state index in [-0.39, 0.29) is 0 Å². The first-order valence-corrected chi connectivity index (χ1v) is 50.8. The number of benzene rings is 2. The predicted molar refractivity (Wildman–Crippen MR) is 487 cm³/mol. The number of ether oxygens (including phenoxy) is 24. The van der Waals surface area contributed by atoms with Crippen molar-refractivity contribution >= 4 is 136 Å². The molecule has 125 heavy (non-hydrogen) atoms. The molecule has 24 heterocycles. The summed E-state index contributed by atoms with van der Waals surface area (Å²) in [6.07, 6.45) is 0.774. The van der Waals surface area contributed by atoms with Crippen LogP contribution in [0.2, 0.25) is 0 Å². The fourth-order valence-electron chi connectivity index (χ4n) is 17.4. The molecule has 12 aliphatic heterocycles. The molecular weight excluding hydrogens is 1840 g/mol. The van der Waals surface area contributed by atoms with Crippen LogP contribution in [0.1, 0.15) is 26.4 Å². The minimum Gasteiger partial charge on any atom is -0.485 e. The summed E-state index contributed by atoms with van der Waals surface area (Å²) >= 11 is 19.2. The summed E-state index contributed by atoms with van der Waals surface area (Å²) in [6.45, 7) is 17.3. The van der Waals surface area contributed by atoms with Gasteiger partial charge in [0.25, 0.3) is 0 Å². The Kier molecular flexibility index (Phi) is 18.5. The van der Waals surface area contributed by atoms with E-state index in [1.807, 2.05) is 0 Å². The van der Waals surface area contributed by atoms with E-state index in [9.17, 15) is 0 Å². The Balaban J connectivity index is 0.707. The summed E-state index contributed by atoms with van der Waals surface area (Å²) in [5, 5.41) is 0. The lowest BCUT2D eigenvalue weighted by Crippen LogP contribution is -2.16. The average molecular weight is 1910 g/mol. The first-order chi connectivity index (χ1) is 61.7. The third-order valence-electron chi connectivity index (χ3n) is 22.6. The van der Waals surface area contributed by atoms with Crippen molar-refractivity contribution in [1.29, 1.82) is 0 Å². The molecule has 12 aromatic heterocycles. The van der Waals surface area contributed by atoms with Crippen molar-refractivity contribution in [3.05, 3.63) is 55.9 Å². The first kappa shape index (κ1) is 76.3. The maximum absolute atomic E-state index is 7.02. The standard InChI is InChI=1S/C89H68O24S12/c1-5-45-49-53(97-13-9-93-49)77(117-45)81-65-69(113-29-25-109-65)89(125-81)85-61-57(101-17-21-105-61)73(121-85)44-33-40(32-43(35-44)72-56-60(104-20-16-100-56)84(120-72)88-68-64(108-24-28-112-68)80(124-88)76-52-48(38(4)116-76)92-8-12-96-52)39-30-41(70-54-58(102-18-14-98-54)82(118-70)86-66-62(106-22-26-110-66)78(122-86)74-50-46(36(2)114-74)90-6-10-94-50)34-42(31-39)71-55-59(103-19-15-99-55)83(119-71)87-67-63(107-23-27-111-67)79(123-87)75-51-47(37(3)115-75)91-7-11-95-51/h30-35H,5-29H2,1-4H3. The van der Waals surface area contributed by atoms with Gasteiger partial charge in [-0.25, -0.2) is 0 Å². The van der Waals surface area contributed by atoms with Gasteiger partial charge in [-0.15, -0.1) is 136 Å². The van der Waals surface area contributed by atoms with Gasteiger partial charge >= 0.3 is 0 Å². The van der Waals surface area contributed by atoms with Gasteiger partial charge in [0, 0.05) is 14.6 Å². The number of rotatable bonds is 14. The first-order valence-electron chi connectivity index (χ1n) is 41.0. The Hall–Kier alpha value is -9.96. The number of hydrogen-bond acceptors (Lipinski definition) is 36. The Bertz CT molecular complexity index is 6350. The number of hydrogen-bond donors (Lipinski definition) is 0. The molecule has 0 radical (unpaired) electrons. The quantitative estimate of drug-likeness (QED) is 0.0987. The van der Waals surface area contributed by atoms with E-state index in [2.05, 4.69) is 64.1 Å². The van der Waals surface area contributed by atoms with E-state index in [1.54, 1.807) is 136 Å². The summed E-state index contributed by atoms with van der Waals surface area (Å²) in [5.74, 6) is 15.9. The molecule has 0 saturated heterocycles. The highest BCUT2D eigenvalue weighted by molar-refractivity contribution is 7.31. The van der Waals surface area contributed by atoms with Gasteiger partial charge in [0.15, 0.2) is 138 Å². The van der Waals surface area contributed by atoms with Crippen molar-refractivity contribution in [3.8, 4) is 269 Å². The van der Waals surface area contributed by atoms with Crippen LogP contribution in [0.25, 0.3) is 131 Å². The van der Waals surface area contributed by atoms with E-state index in [4.69, 9.17) is 114 Å². The molecule has 0 amide bonds. The largest absolute Gasteiger partial charge is 0.485 e. The second kappa shape index (κ2) is 30.4. The monoisotopic (exact) mass is 1900 g/mol. The third kappa shape index (κ3) is 12.1. The van der Waals surface area contributed by atoms with Crippen molar-refractivity contribution in [1.82, 2.24) is 0 Å². The summed E-state index contributed by atoms with van der Waals surface area (Å²) in [4.78, 5) is 21.4. The molecule has 0 spiro atoms. The van der Waals surface area contributed by atoms with Gasteiger partial charge in [-0.2, -0.15) is 0 Å². The fourth-order valence-corrected chi connectivity index (χ4v) is 32.1. The highest BCUT2D eigenvalue weighted by Gasteiger charge is 2.44. The number of fused-ring (bicyclic) bond motifs is 12. The van der Waals surface area contributed by atoms with E-state index in [0.717, 1.165) is 186 Å². The molecule has 2 aromatic carbocycles. The zero-order chi connectivity index (χ0) is 82.6. The van der Waals surface area contributed by atoms with Crippen LogP contribution >= 0.6 is 136 Å². The van der Waals surface area contributed by atoms with Crippen LogP contribution in [-0.4, -0.2) is 159 Å². The van der Waals surface area contributed by atoms with Crippen molar-refractivity contribution in [2.75, 3.05) is 159 Å². The summed E-state index contributed by atoms with van der Waals surface area (Å²) in [7, 11) is 0. The highest BCUT2D eigenvalue weighted by atomic mass is 32.1. The molecule has 36 heteroatoms. The summed E-state index contributed by atoms with van der Waals surface area (Å²) in [6, 6.07) is 13.5. The minimum atomic E-state index is 0.303. The lowest BCUT2D eigenvalue weighted by atomic mass is 9.94. The predicted octanol–water partition coefficient (Wildman–Crippen LogP) is 22.8. The van der Waals surface area contributed by atoms with Gasteiger partial charge in [0.05, 0.1) is 102 Å². The Morgan fingerprint density at radius 1 is 0.152 bits per heavy atom. The topological polar surface area (TPSA) is 222 Å². The van der Waals surface area contributed by atoms with Crippen LogP contribution in [0.4, 0.5) is 0 Å².